The molecule has 0 spiro atoms. The molecule has 6 nitrogen and oxygen atoms in total. The molecule has 2 aromatic rings. The summed E-state index contributed by atoms with van der Waals surface area (Å²) in [6.07, 6.45) is 4.41. The van der Waals surface area contributed by atoms with Crippen LogP contribution in [-0.2, 0) is 22.5 Å². The first-order chi connectivity index (χ1) is 12.8. The van der Waals surface area contributed by atoms with Crippen LogP contribution in [0.25, 0.3) is 0 Å². The van der Waals surface area contributed by atoms with E-state index >= 15 is 0 Å². The summed E-state index contributed by atoms with van der Waals surface area (Å²) in [5, 5.41) is 0. The van der Waals surface area contributed by atoms with Gasteiger partial charge in [0, 0.05) is 51.6 Å². The van der Waals surface area contributed by atoms with Gasteiger partial charge in [0.1, 0.15) is 0 Å². The molecular weight excluding hydrogens is 328 g/mol. The number of aromatic nitrogens is 2. The summed E-state index contributed by atoms with van der Waals surface area (Å²) in [6.45, 7) is 3.46. The third-order valence-electron chi connectivity index (χ3n) is 5.42. The van der Waals surface area contributed by atoms with Gasteiger partial charge < -0.3 is 14.5 Å². The van der Waals surface area contributed by atoms with Crippen molar-refractivity contribution in [1.29, 1.82) is 0 Å². The lowest BCUT2D eigenvalue weighted by molar-refractivity contribution is -0.137. The Bertz CT molecular complexity index is 767. The maximum Gasteiger partial charge on any atom is 0.228 e. The second-order valence-corrected chi connectivity index (χ2v) is 7.05. The first-order valence-corrected chi connectivity index (χ1v) is 9.12. The second kappa shape index (κ2) is 7.41. The van der Waals surface area contributed by atoms with Crippen molar-refractivity contribution in [3.8, 4) is 0 Å². The molecule has 4 rings (SSSR count). The van der Waals surface area contributed by atoms with Crippen LogP contribution in [0.5, 0.6) is 0 Å². The van der Waals surface area contributed by atoms with Crippen molar-refractivity contribution in [3.05, 3.63) is 53.9 Å². The number of hydrogen-bond acceptors (Lipinski definition) is 5. The highest BCUT2D eigenvalue weighted by atomic mass is 16.5. The molecule has 1 aromatic carbocycles. The summed E-state index contributed by atoms with van der Waals surface area (Å²) in [5.74, 6) is 0.991. The zero-order valence-electron chi connectivity index (χ0n) is 15.0. The average molecular weight is 352 g/mol. The van der Waals surface area contributed by atoms with E-state index in [-0.39, 0.29) is 17.7 Å². The normalized spacial score (nSPS) is 22.3. The SMILES string of the molecule is COC[C@@H]1CN(c2ncccn2)C[C@H]1C(=O)N1CCc2ccccc2C1. The highest BCUT2D eigenvalue weighted by molar-refractivity contribution is 5.81. The van der Waals surface area contributed by atoms with Crippen LogP contribution in [0.4, 0.5) is 5.95 Å². The van der Waals surface area contributed by atoms with Crippen LogP contribution < -0.4 is 4.90 Å². The van der Waals surface area contributed by atoms with Gasteiger partial charge in [-0.2, -0.15) is 0 Å². The van der Waals surface area contributed by atoms with Crippen molar-refractivity contribution in [3.63, 3.8) is 0 Å². The maximum atomic E-state index is 13.3. The fourth-order valence-corrected chi connectivity index (χ4v) is 4.07. The molecule has 3 heterocycles. The zero-order valence-corrected chi connectivity index (χ0v) is 15.0. The number of ether oxygens (including phenoxy) is 1. The maximum absolute atomic E-state index is 13.3. The lowest BCUT2D eigenvalue weighted by atomic mass is 9.93. The molecule has 2 aliphatic heterocycles. The Kier molecular flexibility index (Phi) is 4.84. The molecule has 1 fully saturated rings. The molecule has 0 saturated carbocycles. The molecule has 136 valence electrons. The van der Waals surface area contributed by atoms with Gasteiger partial charge >= 0.3 is 0 Å². The van der Waals surface area contributed by atoms with E-state index in [1.54, 1.807) is 25.6 Å². The van der Waals surface area contributed by atoms with Gasteiger partial charge in [-0.1, -0.05) is 24.3 Å². The van der Waals surface area contributed by atoms with E-state index in [0.717, 1.165) is 19.5 Å². The fourth-order valence-electron chi connectivity index (χ4n) is 4.07. The van der Waals surface area contributed by atoms with Gasteiger partial charge in [0.15, 0.2) is 0 Å². The Labute approximate surface area is 153 Å². The molecule has 2 aliphatic rings. The van der Waals surface area contributed by atoms with E-state index in [1.165, 1.54) is 11.1 Å². The van der Waals surface area contributed by atoms with E-state index in [2.05, 4.69) is 33.1 Å². The van der Waals surface area contributed by atoms with Gasteiger partial charge in [-0.15, -0.1) is 0 Å². The predicted molar refractivity (Wildman–Crippen MR) is 98.7 cm³/mol. The van der Waals surface area contributed by atoms with E-state index in [4.69, 9.17) is 4.74 Å². The average Bonchev–Trinajstić information content (AvgIpc) is 3.12. The van der Waals surface area contributed by atoms with E-state index in [0.29, 0.717) is 25.6 Å². The Balaban J connectivity index is 1.50. The summed E-state index contributed by atoms with van der Waals surface area (Å²) in [5.41, 5.74) is 2.62. The lowest BCUT2D eigenvalue weighted by Gasteiger charge is -2.32. The third kappa shape index (κ3) is 3.29. The number of carbonyl (C=O) groups is 1. The summed E-state index contributed by atoms with van der Waals surface area (Å²) in [4.78, 5) is 26.1. The molecule has 0 aliphatic carbocycles. The summed E-state index contributed by atoms with van der Waals surface area (Å²) >= 11 is 0. The van der Waals surface area contributed by atoms with Crippen LogP contribution in [0.3, 0.4) is 0 Å². The number of methoxy groups -OCH3 is 1. The first-order valence-electron chi connectivity index (χ1n) is 9.12. The molecule has 6 heteroatoms. The Morgan fingerprint density at radius 3 is 2.69 bits per heavy atom. The number of fused-ring (bicyclic) bond motifs is 1. The van der Waals surface area contributed by atoms with Crippen molar-refractivity contribution >= 4 is 11.9 Å². The molecule has 1 amide bonds. The molecule has 1 aromatic heterocycles. The number of hydrogen-bond donors (Lipinski definition) is 0. The van der Waals surface area contributed by atoms with Gasteiger partial charge in [0.2, 0.25) is 11.9 Å². The van der Waals surface area contributed by atoms with E-state index in [1.807, 2.05) is 11.0 Å². The molecular formula is C20H24N4O2. The Morgan fingerprint density at radius 2 is 1.92 bits per heavy atom. The molecule has 0 bridgehead atoms. The minimum absolute atomic E-state index is 0.0796. The number of carbonyl (C=O) groups excluding carboxylic acids is 1. The van der Waals surface area contributed by atoms with Gasteiger partial charge in [-0.25, -0.2) is 9.97 Å². The lowest BCUT2D eigenvalue weighted by Crippen LogP contribution is -2.42. The molecule has 0 unspecified atom stereocenters. The number of rotatable bonds is 4. The van der Waals surface area contributed by atoms with Crippen LogP contribution in [-0.4, -0.2) is 54.1 Å². The van der Waals surface area contributed by atoms with Crippen LogP contribution >= 0.6 is 0 Å². The topological polar surface area (TPSA) is 58.6 Å². The standard InChI is InChI=1S/C20H24N4O2/c1-26-14-17-12-24(20-21-8-4-9-22-20)13-18(17)19(25)23-10-7-15-5-2-3-6-16(15)11-23/h2-6,8-9,17-18H,7,10-14H2,1H3/t17-,18+/m0/s1. The van der Waals surface area contributed by atoms with Crippen LogP contribution in [0, 0.1) is 11.8 Å². The first kappa shape index (κ1) is 17.0. The minimum atomic E-state index is -0.0796. The molecule has 0 N–H and O–H groups in total. The molecule has 1 saturated heterocycles. The number of amides is 1. The van der Waals surface area contributed by atoms with Crippen LogP contribution in [0.15, 0.2) is 42.7 Å². The summed E-state index contributed by atoms with van der Waals surface area (Å²) in [6, 6.07) is 10.2. The third-order valence-corrected chi connectivity index (χ3v) is 5.42. The Morgan fingerprint density at radius 1 is 1.15 bits per heavy atom. The van der Waals surface area contributed by atoms with Crippen LogP contribution in [0.2, 0.25) is 0 Å². The van der Waals surface area contributed by atoms with Crippen molar-refractivity contribution in [1.82, 2.24) is 14.9 Å². The van der Waals surface area contributed by atoms with Gasteiger partial charge in [0.25, 0.3) is 0 Å². The van der Waals surface area contributed by atoms with Gasteiger partial charge in [-0.05, 0) is 23.6 Å². The smallest absolute Gasteiger partial charge is 0.228 e. The number of nitrogens with zero attached hydrogens (tertiary/aromatic N) is 4. The largest absolute Gasteiger partial charge is 0.384 e. The number of benzene rings is 1. The highest BCUT2D eigenvalue weighted by Crippen LogP contribution is 2.30. The van der Waals surface area contributed by atoms with Crippen molar-refractivity contribution in [2.45, 2.75) is 13.0 Å². The zero-order chi connectivity index (χ0) is 17.9. The highest BCUT2D eigenvalue weighted by Gasteiger charge is 2.40. The number of anilines is 1. The molecule has 0 radical (unpaired) electrons. The predicted octanol–water partition coefficient (Wildman–Crippen LogP) is 1.76. The summed E-state index contributed by atoms with van der Waals surface area (Å²) in [7, 11) is 1.69. The fraction of sp³-hybridized carbons (Fsp3) is 0.450. The molecule has 26 heavy (non-hydrogen) atoms. The van der Waals surface area contributed by atoms with Gasteiger partial charge in [-0.3, -0.25) is 4.79 Å². The van der Waals surface area contributed by atoms with Crippen molar-refractivity contribution < 1.29 is 9.53 Å². The van der Waals surface area contributed by atoms with Crippen molar-refractivity contribution in [2.24, 2.45) is 11.8 Å². The van der Waals surface area contributed by atoms with Crippen molar-refractivity contribution in [2.75, 3.05) is 38.3 Å². The van der Waals surface area contributed by atoms with Crippen LogP contribution in [0.1, 0.15) is 11.1 Å². The van der Waals surface area contributed by atoms with E-state index < -0.39 is 0 Å². The quantitative estimate of drug-likeness (QED) is 0.839. The minimum Gasteiger partial charge on any atom is -0.384 e. The Hall–Kier alpha value is -2.47. The monoisotopic (exact) mass is 352 g/mol. The molecule has 2 atom stereocenters. The second-order valence-electron chi connectivity index (χ2n) is 7.05. The van der Waals surface area contributed by atoms with Gasteiger partial charge in [0.05, 0.1) is 12.5 Å². The van der Waals surface area contributed by atoms with E-state index in [9.17, 15) is 4.79 Å². The summed E-state index contributed by atoms with van der Waals surface area (Å²) < 4.78 is 5.40.